The zero-order valence-electron chi connectivity index (χ0n) is 11.1. The molecule has 0 aliphatic heterocycles. The van der Waals surface area contributed by atoms with Crippen LogP contribution in [0.3, 0.4) is 0 Å². The molecule has 0 spiro atoms. The summed E-state index contributed by atoms with van der Waals surface area (Å²) in [5.41, 5.74) is 0.944. The highest BCUT2D eigenvalue weighted by Crippen LogP contribution is 2.36. The molecule has 0 saturated carbocycles. The van der Waals surface area contributed by atoms with Crippen LogP contribution in [-0.2, 0) is 0 Å². The number of rotatable bonds is 2. The van der Waals surface area contributed by atoms with Crippen molar-refractivity contribution >= 4 is 45.1 Å². The first-order chi connectivity index (χ1) is 10.6. The van der Waals surface area contributed by atoms with Crippen molar-refractivity contribution in [1.82, 2.24) is 4.98 Å². The van der Waals surface area contributed by atoms with Gasteiger partial charge >= 0.3 is 0 Å². The summed E-state index contributed by atoms with van der Waals surface area (Å²) in [4.78, 5) is 14.7. The number of amides is 1. The minimum absolute atomic E-state index is 0.0557. The first-order valence-electron chi connectivity index (χ1n) is 6.30. The number of aromatic hydroxyl groups is 2. The molecule has 0 radical (unpaired) electrons. The summed E-state index contributed by atoms with van der Waals surface area (Å²) >= 11 is 2.14. The second-order valence-corrected chi connectivity index (χ2v) is 5.78. The fourth-order valence-electron chi connectivity index (χ4n) is 2.04. The third-order valence-corrected chi connectivity index (χ3v) is 3.76. The number of carbonyl (C=O) groups is 1. The topological polar surface area (TPSA) is 98.0 Å². The number of azo groups is 1. The van der Waals surface area contributed by atoms with Crippen molar-refractivity contribution in [3.63, 3.8) is 0 Å². The maximum Gasteiger partial charge on any atom is 0.299 e. The van der Waals surface area contributed by atoms with E-state index in [1.54, 1.807) is 18.2 Å². The van der Waals surface area contributed by atoms with Crippen LogP contribution in [0.25, 0.3) is 10.9 Å². The van der Waals surface area contributed by atoms with Crippen LogP contribution in [0.2, 0.25) is 0 Å². The molecule has 7 heteroatoms. The Kier molecular flexibility index (Phi) is 3.80. The number of aromatic nitrogens is 1. The second kappa shape index (κ2) is 5.76. The molecule has 1 heterocycles. The molecular weight excluding hydrogens is 397 g/mol. The van der Waals surface area contributed by atoms with E-state index in [2.05, 4.69) is 37.8 Å². The van der Waals surface area contributed by atoms with Gasteiger partial charge in [-0.1, -0.05) is 12.1 Å². The summed E-state index contributed by atoms with van der Waals surface area (Å²) in [5, 5.41) is 27.6. The SMILES string of the molecule is O=C(N=Nc1c(O)[nH]c2ccc(I)cc12)c1ccccc1O. The number of hydrogen-bond donors (Lipinski definition) is 3. The molecule has 0 aliphatic carbocycles. The van der Waals surface area contributed by atoms with Gasteiger partial charge in [0.2, 0.25) is 5.88 Å². The van der Waals surface area contributed by atoms with Crippen LogP contribution < -0.4 is 0 Å². The Morgan fingerprint density at radius 2 is 1.91 bits per heavy atom. The number of halogens is 1. The number of phenolic OH excluding ortho intramolecular Hbond substituents is 1. The zero-order valence-corrected chi connectivity index (χ0v) is 13.3. The molecule has 1 amide bonds. The van der Waals surface area contributed by atoms with Crippen LogP contribution >= 0.6 is 22.6 Å². The predicted molar refractivity (Wildman–Crippen MR) is 89.6 cm³/mol. The molecule has 0 bridgehead atoms. The van der Waals surface area contributed by atoms with Crippen molar-refractivity contribution in [3.05, 3.63) is 51.6 Å². The Bertz CT molecular complexity index is 902. The minimum Gasteiger partial charge on any atom is -0.507 e. The number of nitrogens with one attached hydrogen (secondary N) is 1. The fourth-order valence-corrected chi connectivity index (χ4v) is 2.53. The molecule has 3 rings (SSSR count). The number of aromatic amines is 1. The van der Waals surface area contributed by atoms with E-state index in [1.165, 1.54) is 12.1 Å². The van der Waals surface area contributed by atoms with Gasteiger partial charge in [0.1, 0.15) is 5.75 Å². The molecule has 0 fully saturated rings. The molecule has 0 unspecified atom stereocenters. The highest BCUT2D eigenvalue weighted by molar-refractivity contribution is 14.1. The molecular formula is C15H10IN3O3. The van der Waals surface area contributed by atoms with E-state index in [9.17, 15) is 15.0 Å². The van der Waals surface area contributed by atoms with Gasteiger partial charge in [-0.2, -0.15) is 0 Å². The summed E-state index contributed by atoms with van der Waals surface area (Å²) in [6.45, 7) is 0. The lowest BCUT2D eigenvalue weighted by atomic mass is 10.2. The van der Waals surface area contributed by atoms with Crippen molar-refractivity contribution < 1.29 is 15.0 Å². The molecule has 22 heavy (non-hydrogen) atoms. The van der Waals surface area contributed by atoms with Crippen LogP contribution in [0.5, 0.6) is 11.6 Å². The van der Waals surface area contributed by atoms with Crippen molar-refractivity contribution in [2.75, 3.05) is 0 Å². The number of phenols is 1. The molecule has 6 nitrogen and oxygen atoms in total. The molecule has 3 aromatic rings. The third-order valence-electron chi connectivity index (χ3n) is 3.09. The lowest BCUT2D eigenvalue weighted by Gasteiger charge is -1.97. The molecule has 3 N–H and O–H groups in total. The van der Waals surface area contributed by atoms with E-state index in [0.29, 0.717) is 10.9 Å². The first kappa shape index (κ1) is 14.5. The molecule has 2 aromatic carbocycles. The van der Waals surface area contributed by atoms with Crippen molar-refractivity contribution in [3.8, 4) is 11.6 Å². The average Bonchev–Trinajstić information content (AvgIpc) is 2.80. The Balaban J connectivity index is 1.99. The summed E-state index contributed by atoms with van der Waals surface area (Å²) < 4.78 is 0.965. The lowest BCUT2D eigenvalue weighted by Crippen LogP contribution is -1.93. The average molecular weight is 407 g/mol. The second-order valence-electron chi connectivity index (χ2n) is 4.53. The number of benzene rings is 2. The summed E-state index contributed by atoms with van der Waals surface area (Å²) in [6, 6.07) is 11.6. The highest BCUT2D eigenvalue weighted by atomic mass is 127. The standard InChI is InChI=1S/C15H10IN3O3/c16-8-5-6-11-10(7-8)13(15(22)17-11)18-19-14(21)9-3-1-2-4-12(9)20/h1-7,17,20,22H. The number of nitrogens with zero attached hydrogens (tertiary/aromatic N) is 2. The number of para-hydroxylation sites is 1. The van der Waals surface area contributed by atoms with Crippen LogP contribution in [0, 0.1) is 3.57 Å². The van der Waals surface area contributed by atoms with Gasteiger partial charge in [-0.3, -0.25) is 4.79 Å². The van der Waals surface area contributed by atoms with Crippen LogP contribution in [0.1, 0.15) is 10.4 Å². The van der Waals surface area contributed by atoms with Gasteiger partial charge in [0.25, 0.3) is 5.91 Å². The number of hydrogen-bond acceptors (Lipinski definition) is 4. The van der Waals surface area contributed by atoms with E-state index in [0.717, 1.165) is 3.57 Å². The van der Waals surface area contributed by atoms with Crippen molar-refractivity contribution in [2.24, 2.45) is 10.2 Å². The minimum atomic E-state index is -0.683. The monoisotopic (exact) mass is 407 g/mol. The van der Waals surface area contributed by atoms with E-state index in [1.807, 2.05) is 12.1 Å². The third kappa shape index (κ3) is 2.67. The van der Waals surface area contributed by atoms with E-state index in [-0.39, 0.29) is 22.9 Å². The van der Waals surface area contributed by atoms with Gasteiger partial charge in [-0.05, 0) is 52.9 Å². The van der Waals surface area contributed by atoms with E-state index >= 15 is 0 Å². The van der Waals surface area contributed by atoms with Crippen LogP contribution in [0.15, 0.2) is 52.7 Å². The molecule has 0 atom stereocenters. The number of H-pyrrole nitrogens is 1. The highest BCUT2D eigenvalue weighted by Gasteiger charge is 2.13. The molecule has 110 valence electrons. The van der Waals surface area contributed by atoms with Gasteiger partial charge in [0.15, 0.2) is 5.69 Å². The summed E-state index contributed by atoms with van der Waals surface area (Å²) in [5.74, 6) is -1.01. The maximum atomic E-state index is 12.0. The number of carbonyl (C=O) groups excluding carboxylic acids is 1. The molecule has 0 saturated heterocycles. The van der Waals surface area contributed by atoms with Crippen LogP contribution in [-0.4, -0.2) is 21.1 Å². The Morgan fingerprint density at radius 3 is 2.68 bits per heavy atom. The Morgan fingerprint density at radius 1 is 1.14 bits per heavy atom. The number of fused-ring (bicyclic) bond motifs is 1. The maximum absolute atomic E-state index is 12.0. The van der Waals surface area contributed by atoms with Crippen molar-refractivity contribution in [1.29, 1.82) is 0 Å². The smallest absolute Gasteiger partial charge is 0.299 e. The fraction of sp³-hybridized carbons (Fsp3) is 0. The van der Waals surface area contributed by atoms with Gasteiger partial charge in [-0.25, -0.2) is 0 Å². The van der Waals surface area contributed by atoms with E-state index in [4.69, 9.17) is 0 Å². The van der Waals surface area contributed by atoms with Gasteiger partial charge in [-0.15, -0.1) is 10.2 Å². The normalized spacial score (nSPS) is 11.3. The molecule has 0 aliphatic rings. The summed E-state index contributed by atoms with van der Waals surface area (Å²) in [7, 11) is 0. The predicted octanol–water partition coefficient (Wildman–Crippen LogP) is 4.11. The largest absolute Gasteiger partial charge is 0.507 e. The quantitative estimate of drug-likeness (QED) is 0.441. The van der Waals surface area contributed by atoms with Crippen LogP contribution in [0.4, 0.5) is 5.69 Å². The Hall–Kier alpha value is -2.42. The first-order valence-corrected chi connectivity index (χ1v) is 7.38. The van der Waals surface area contributed by atoms with Gasteiger partial charge < -0.3 is 15.2 Å². The summed E-state index contributed by atoms with van der Waals surface area (Å²) in [6.07, 6.45) is 0. The molecule has 1 aromatic heterocycles. The Labute approximate surface area is 138 Å². The van der Waals surface area contributed by atoms with Crippen molar-refractivity contribution in [2.45, 2.75) is 0 Å². The van der Waals surface area contributed by atoms with E-state index < -0.39 is 5.91 Å². The van der Waals surface area contributed by atoms with Gasteiger partial charge in [0, 0.05) is 8.96 Å². The zero-order chi connectivity index (χ0) is 15.7. The lowest BCUT2D eigenvalue weighted by molar-refractivity contribution is 0.0992. The van der Waals surface area contributed by atoms with Gasteiger partial charge in [0.05, 0.1) is 11.1 Å².